The van der Waals surface area contributed by atoms with Gasteiger partial charge in [-0.25, -0.2) is 0 Å². The zero-order valence-corrected chi connectivity index (χ0v) is 15.4. The van der Waals surface area contributed by atoms with Crippen molar-refractivity contribution in [3.8, 4) is 0 Å². The Hall–Kier alpha value is -0.760. The van der Waals surface area contributed by atoms with E-state index in [2.05, 4.69) is 0 Å². The van der Waals surface area contributed by atoms with Crippen molar-refractivity contribution >= 4 is 23.5 Å². The third kappa shape index (κ3) is 1.63. The average molecular weight is 396 g/mol. The summed E-state index contributed by atoms with van der Waals surface area (Å²) in [5, 5.41) is 0. The van der Waals surface area contributed by atoms with Crippen LogP contribution in [0, 0.1) is 10.8 Å². The van der Waals surface area contributed by atoms with E-state index >= 15 is 0 Å². The second-order valence-electron chi connectivity index (χ2n) is 7.25. The van der Waals surface area contributed by atoms with Crippen LogP contribution in [0.5, 0.6) is 0 Å². The molecule has 2 aliphatic carbocycles. The lowest BCUT2D eigenvalue weighted by Gasteiger charge is -2.45. The number of hydrogen-bond acceptors (Lipinski definition) is 2. The molecular formula is C17H14F6S2. The third-order valence-corrected chi connectivity index (χ3v) is 8.20. The Kier molecular flexibility index (Phi) is 3.09. The summed E-state index contributed by atoms with van der Waals surface area (Å²) >= 11 is 1.80. The SMILES string of the molecule is CC1=CC2(C)C(=C3C(=C4SC(C)=CC42C)C(F)(F)C(F)(F)C3(F)F)S1. The first-order chi connectivity index (χ1) is 11.2. The van der Waals surface area contributed by atoms with Crippen molar-refractivity contribution in [2.45, 2.75) is 45.5 Å². The Labute approximate surface area is 149 Å². The molecule has 1 saturated carbocycles. The van der Waals surface area contributed by atoms with Crippen LogP contribution in [0.25, 0.3) is 0 Å². The Bertz CT molecular complexity index is 779. The van der Waals surface area contributed by atoms with Gasteiger partial charge in [-0.05, 0) is 23.7 Å². The summed E-state index contributed by atoms with van der Waals surface area (Å²) in [6.07, 6.45) is 3.47. The molecule has 25 heavy (non-hydrogen) atoms. The average Bonchev–Trinajstić information content (AvgIpc) is 2.95. The van der Waals surface area contributed by atoms with Crippen molar-refractivity contribution in [1.82, 2.24) is 0 Å². The number of hydrogen-bond donors (Lipinski definition) is 0. The number of halogens is 6. The molecule has 0 spiro atoms. The van der Waals surface area contributed by atoms with Gasteiger partial charge >= 0.3 is 17.8 Å². The summed E-state index contributed by atoms with van der Waals surface area (Å²) in [6.45, 7) is 6.67. The molecular weight excluding hydrogens is 382 g/mol. The second kappa shape index (κ2) is 4.38. The summed E-state index contributed by atoms with van der Waals surface area (Å²) in [5.41, 5.74) is -4.46. The maximum absolute atomic E-state index is 14.6. The Morgan fingerprint density at radius 1 is 0.680 bits per heavy atom. The van der Waals surface area contributed by atoms with Gasteiger partial charge in [0.2, 0.25) is 0 Å². The molecule has 0 aromatic carbocycles. The van der Waals surface area contributed by atoms with Gasteiger partial charge < -0.3 is 0 Å². The first kappa shape index (κ1) is 17.6. The van der Waals surface area contributed by atoms with Crippen LogP contribution in [-0.2, 0) is 0 Å². The molecule has 2 heterocycles. The predicted molar refractivity (Wildman–Crippen MR) is 87.8 cm³/mol. The summed E-state index contributed by atoms with van der Waals surface area (Å²) in [4.78, 5) is 1.12. The van der Waals surface area contributed by atoms with Gasteiger partial charge in [0.25, 0.3) is 0 Å². The number of fused-ring (bicyclic) bond motifs is 4. The van der Waals surface area contributed by atoms with Crippen LogP contribution in [0.2, 0.25) is 0 Å². The maximum Gasteiger partial charge on any atom is 0.380 e. The molecule has 2 aliphatic heterocycles. The van der Waals surface area contributed by atoms with Crippen molar-refractivity contribution in [2.75, 3.05) is 0 Å². The van der Waals surface area contributed by atoms with Crippen LogP contribution >= 0.6 is 23.5 Å². The van der Waals surface area contributed by atoms with E-state index in [0.717, 1.165) is 23.5 Å². The molecule has 1 fully saturated rings. The lowest BCUT2D eigenvalue weighted by molar-refractivity contribution is -0.258. The molecule has 0 radical (unpaired) electrons. The minimum atomic E-state index is -5.45. The van der Waals surface area contributed by atoms with Gasteiger partial charge in [0.15, 0.2) is 0 Å². The molecule has 8 heteroatoms. The number of alkyl halides is 6. The molecule has 0 nitrogen and oxygen atoms in total. The normalized spacial score (nSPS) is 39.9. The highest BCUT2D eigenvalue weighted by atomic mass is 32.2. The van der Waals surface area contributed by atoms with Crippen LogP contribution in [0.15, 0.2) is 42.9 Å². The molecule has 0 bridgehead atoms. The summed E-state index contributed by atoms with van der Waals surface area (Å²) in [7, 11) is 0. The molecule has 0 amide bonds. The van der Waals surface area contributed by atoms with E-state index in [9.17, 15) is 26.3 Å². The van der Waals surface area contributed by atoms with E-state index in [1.165, 1.54) is 0 Å². The third-order valence-electron chi connectivity index (χ3n) is 5.65. The fourth-order valence-electron chi connectivity index (χ4n) is 4.27. The lowest BCUT2D eigenvalue weighted by Crippen LogP contribution is -2.47. The minimum absolute atomic E-state index is 0.0837. The summed E-state index contributed by atoms with van der Waals surface area (Å²) in [5.74, 6) is -15.3. The molecule has 2 atom stereocenters. The zero-order valence-electron chi connectivity index (χ0n) is 13.7. The van der Waals surface area contributed by atoms with Gasteiger partial charge in [-0.2, -0.15) is 26.3 Å². The topological polar surface area (TPSA) is 0 Å². The van der Waals surface area contributed by atoms with E-state index < -0.39 is 39.7 Å². The molecule has 4 aliphatic rings. The van der Waals surface area contributed by atoms with Gasteiger partial charge in [-0.3, -0.25) is 0 Å². The fraction of sp³-hybridized carbons (Fsp3) is 0.529. The first-order valence-corrected chi connectivity index (χ1v) is 9.24. The van der Waals surface area contributed by atoms with Crippen molar-refractivity contribution in [3.63, 3.8) is 0 Å². The number of thioether (sulfide) groups is 2. The van der Waals surface area contributed by atoms with E-state index in [1.54, 1.807) is 39.8 Å². The van der Waals surface area contributed by atoms with Gasteiger partial charge in [0, 0.05) is 31.8 Å². The van der Waals surface area contributed by atoms with Crippen LogP contribution in [0.3, 0.4) is 0 Å². The van der Waals surface area contributed by atoms with Crippen LogP contribution < -0.4 is 0 Å². The van der Waals surface area contributed by atoms with Crippen molar-refractivity contribution in [3.05, 3.63) is 42.9 Å². The van der Waals surface area contributed by atoms with Crippen LogP contribution in [0.1, 0.15) is 27.7 Å². The molecule has 0 aromatic heterocycles. The van der Waals surface area contributed by atoms with Gasteiger partial charge in [0.1, 0.15) is 0 Å². The molecule has 0 saturated heterocycles. The highest BCUT2D eigenvalue weighted by molar-refractivity contribution is 8.07. The van der Waals surface area contributed by atoms with E-state index in [-0.39, 0.29) is 9.81 Å². The lowest BCUT2D eigenvalue weighted by atomic mass is 9.60. The quantitative estimate of drug-likeness (QED) is 0.416. The van der Waals surface area contributed by atoms with Crippen LogP contribution in [-0.4, -0.2) is 17.8 Å². The monoisotopic (exact) mass is 396 g/mol. The summed E-state index contributed by atoms with van der Waals surface area (Å²) < 4.78 is 86.6. The van der Waals surface area contributed by atoms with Gasteiger partial charge in [-0.15, -0.1) is 0 Å². The maximum atomic E-state index is 14.6. The van der Waals surface area contributed by atoms with E-state index in [0.29, 0.717) is 9.81 Å². The van der Waals surface area contributed by atoms with Crippen molar-refractivity contribution in [2.24, 2.45) is 10.8 Å². The Morgan fingerprint density at radius 2 is 1.00 bits per heavy atom. The predicted octanol–water partition coefficient (Wildman–Crippen LogP) is 6.74. The highest BCUT2D eigenvalue weighted by Crippen LogP contribution is 2.76. The standard InChI is InChI=1S/C17H14F6S2/c1-7-5-13(3)11(24-7)9-10(12-14(13,4)6-8(2)25-12)16(20,21)17(22,23)15(9,18)19/h5-6H,1-4H3. The Morgan fingerprint density at radius 3 is 1.32 bits per heavy atom. The smallest absolute Gasteiger partial charge is 0.194 e. The largest absolute Gasteiger partial charge is 0.380 e. The highest BCUT2D eigenvalue weighted by Gasteiger charge is 2.84. The van der Waals surface area contributed by atoms with Crippen LogP contribution in [0.4, 0.5) is 26.3 Å². The van der Waals surface area contributed by atoms with Crippen molar-refractivity contribution < 1.29 is 26.3 Å². The minimum Gasteiger partial charge on any atom is -0.194 e. The summed E-state index contributed by atoms with van der Waals surface area (Å²) in [6, 6.07) is 0. The first-order valence-electron chi connectivity index (χ1n) is 7.61. The van der Waals surface area contributed by atoms with Gasteiger partial charge in [-0.1, -0.05) is 49.5 Å². The zero-order chi connectivity index (χ0) is 18.8. The van der Waals surface area contributed by atoms with Gasteiger partial charge in [0.05, 0.1) is 0 Å². The Balaban J connectivity index is 2.18. The van der Waals surface area contributed by atoms with E-state index in [1.807, 2.05) is 0 Å². The fourth-order valence-corrected chi connectivity index (χ4v) is 7.13. The molecule has 0 aromatic rings. The van der Waals surface area contributed by atoms with Crippen molar-refractivity contribution in [1.29, 1.82) is 0 Å². The molecule has 136 valence electrons. The second-order valence-corrected chi connectivity index (χ2v) is 9.76. The molecule has 2 unspecified atom stereocenters. The number of rotatable bonds is 0. The molecule has 4 rings (SSSR count). The van der Waals surface area contributed by atoms with E-state index in [4.69, 9.17) is 0 Å². The number of allylic oxidation sites excluding steroid dienone is 8. The molecule has 0 N–H and O–H groups in total.